The molecule has 6 nitrogen and oxygen atoms in total. The lowest BCUT2D eigenvalue weighted by Crippen LogP contribution is -2.46. The van der Waals surface area contributed by atoms with E-state index >= 15 is 0 Å². The first-order valence-corrected chi connectivity index (χ1v) is 10.6. The van der Waals surface area contributed by atoms with E-state index in [1.165, 1.54) is 32.4 Å². The van der Waals surface area contributed by atoms with Crippen LogP contribution in [0.25, 0.3) is 0 Å². The van der Waals surface area contributed by atoms with Gasteiger partial charge >= 0.3 is 6.61 Å². The first kappa shape index (κ1) is 20.2. The summed E-state index contributed by atoms with van der Waals surface area (Å²) in [7, 11) is 1.79. The predicted octanol–water partition coefficient (Wildman–Crippen LogP) is 2.52. The molecule has 160 valence electrons. The largest absolute Gasteiger partial charge is 0.433 e. The quantitative estimate of drug-likeness (QED) is 0.537. The van der Waals surface area contributed by atoms with Crippen LogP contribution >= 0.6 is 0 Å². The third-order valence-electron chi connectivity index (χ3n) is 6.11. The molecule has 2 aliphatic heterocycles. The number of benzene rings is 1. The number of rotatable bonds is 7. The first-order chi connectivity index (χ1) is 14.1. The highest BCUT2D eigenvalue weighted by Gasteiger charge is 2.34. The van der Waals surface area contributed by atoms with Crippen molar-refractivity contribution in [2.75, 3.05) is 44.7 Å². The Morgan fingerprint density at radius 2 is 2.00 bits per heavy atom. The fraction of sp³-hybridized carbons (Fsp3) is 0.667. The summed E-state index contributed by atoms with van der Waals surface area (Å²) in [6.07, 6.45) is 4.90. The molecular formula is C21H31F2N5O. The van der Waals surface area contributed by atoms with E-state index in [4.69, 9.17) is 0 Å². The number of para-hydroxylation sites is 2. The molecule has 29 heavy (non-hydrogen) atoms. The second-order valence-corrected chi connectivity index (χ2v) is 8.26. The van der Waals surface area contributed by atoms with Crippen LogP contribution in [-0.4, -0.2) is 69.3 Å². The molecule has 2 heterocycles. The molecule has 1 aromatic rings. The van der Waals surface area contributed by atoms with Crippen LogP contribution in [0.2, 0.25) is 0 Å². The molecule has 4 rings (SSSR count). The Balaban J connectivity index is 1.26. The van der Waals surface area contributed by atoms with Crippen LogP contribution < -0.4 is 20.3 Å². The number of nitrogens with zero attached hydrogens (tertiary/aromatic N) is 3. The zero-order valence-corrected chi connectivity index (χ0v) is 17.0. The molecule has 0 bridgehead atoms. The van der Waals surface area contributed by atoms with E-state index in [2.05, 4.69) is 30.2 Å². The Bertz CT molecular complexity index is 712. The highest BCUT2D eigenvalue weighted by molar-refractivity contribution is 5.80. The monoisotopic (exact) mass is 407 g/mol. The van der Waals surface area contributed by atoms with E-state index in [-0.39, 0.29) is 11.8 Å². The van der Waals surface area contributed by atoms with E-state index in [9.17, 15) is 8.78 Å². The molecular weight excluding hydrogens is 376 g/mol. The number of anilines is 1. The van der Waals surface area contributed by atoms with Gasteiger partial charge < -0.3 is 25.2 Å². The summed E-state index contributed by atoms with van der Waals surface area (Å²) in [5, 5.41) is 6.97. The molecule has 0 aromatic heterocycles. The fourth-order valence-corrected chi connectivity index (χ4v) is 4.44. The number of hydrogen-bond acceptors (Lipinski definition) is 4. The van der Waals surface area contributed by atoms with Crippen LogP contribution in [0, 0.1) is 5.92 Å². The van der Waals surface area contributed by atoms with Gasteiger partial charge in [-0.2, -0.15) is 8.78 Å². The van der Waals surface area contributed by atoms with Gasteiger partial charge in [0.2, 0.25) is 0 Å². The second-order valence-electron chi connectivity index (χ2n) is 8.26. The van der Waals surface area contributed by atoms with Crippen molar-refractivity contribution in [1.82, 2.24) is 15.5 Å². The Kier molecular flexibility index (Phi) is 6.37. The standard InChI is InChI=1S/C21H31F2N5O/c1-24-21(25-12-15-8-10-27(13-15)17-6-7-17)26-16-9-11-28(14-16)18-4-2-3-5-19(18)29-20(22)23/h2-5,15-17,20H,6-14H2,1H3,(H2,24,25,26). The summed E-state index contributed by atoms with van der Waals surface area (Å²) >= 11 is 0. The number of ether oxygens (including phenoxy) is 1. The molecule has 8 heteroatoms. The third kappa shape index (κ3) is 5.29. The van der Waals surface area contributed by atoms with Crippen LogP contribution in [0.3, 0.4) is 0 Å². The van der Waals surface area contributed by atoms with Crippen molar-refractivity contribution >= 4 is 11.6 Å². The van der Waals surface area contributed by atoms with E-state index < -0.39 is 6.61 Å². The van der Waals surface area contributed by atoms with Gasteiger partial charge in [0.05, 0.1) is 5.69 Å². The highest BCUT2D eigenvalue weighted by atomic mass is 19.3. The minimum atomic E-state index is -2.82. The second kappa shape index (κ2) is 9.15. The Morgan fingerprint density at radius 1 is 1.17 bits per heavy atom. The maximum absolute atomic E-state index is 12.7. The zero-order chi connectivity index (χ0) is 20.2. The molecule has 0 amide bonds. The zero-order valence-electron chi connectivity index (χ0n) is 17.0. The van der Waals surface area contributed by atoms with Crippen molar-refractivity contribution < 1.29 is 13.5 Å². The van der Waals surface area contributed by atoms with Crippen molar-refractivity contribution in [3.8, 4) is 5.75 Å². The van der Waals surface area contributed by atoms with Crippen molar-refractivity contribution in [1.29, 1.82) is 0 Å². The molecule has 2 atom stereocenters. The Labute approximate surface area is 171 Å². The lowest BCUT2D eigenvalue weighted by molar-refractivity contribution is -0.0495. The Morgan fingerprint density at radius 3 is 2.76 bits per heavy atom. The van der Waals surface area contributed by atoms with Gasteiger partial charge in [0.25, 0.3) is 0 Å². The lowest BCUT2D eigenvalue weighted by atomic mass is 10.1. The summed E-state index contributed by atoms with van der Waals surface area (Å²) in [5.41, 5.74) is 0.714. The van der Waals surface area contributed by atoms with Crippen LogP contribution in [0.1, 0.15) is 25.7 Å². The minimum Gasteiger partial charge on any atom is -0.433 e. The highest BCUT2D eigenvalue weighted by Crippen LogP contribution is 2.32. The molecule has 1 saturated carbocycles. The fourth-order valence-electron chi connectivity index (χ4n) is 4.44. The molecule has 3 aliphatic rings. The smallest absolute Gasteiger partial charge is 0.387 e. The minimum absolute atomic E-state index is 0.215. The van der Waals surface area contributed by atoms with Crippen LogP contribution in [0.5, 0.6) is 5.75 Å². The van der Waals surface area contributed by atoms with Crippen molar-refractivity contribution in [3.63, 3.8) is 0 Å². The number of likely N-dealkylation sites (tertiary alicyclic amines) is 1. The third-order valence-corrected chi connectivity index (χ3v) is 6.11. The average molecular weight is 408 g/mol. The maximum Gasteiger partial charge on any atom is 0.387 e. The van der Waals surface area contributed by atoms with E-state index in [1.54, 1.807) is 19.2 Å². The molecule has 1 aromatic carbocycles. The Hall–Kier alpha value is -2.09. The van der Waals surface area contributed by atoms with E-state index in [0.29, 0.717) is 11.6 Å². The van der Waals surface area contributed by atoms with Gasteiger partial charge in [-0.25, -0.2) is 0 Å². The summed E-state index contributed by atoms with van der Waals surface area (Å²) in [6, 6.07) is 8.05. The lowest BCUT2D eigenvalue weighted by Gasteiger charge is -2.23. The molecule has 2 saturated heterocycles. The number of guanidine groups is 1. The maximum atomic E-state index is 12.7. The van der Waals surface area contributed by atoms with E-state index in [0.717, 1.165) is 38.1 Å². The summed E-state index contributed by atoms with van der Waals surface area (Å²) in [6.45, 7) is 2.04. The van der Waals surface area contributed by atoms with Gasteiger partial charge in [-0.05, 0) is 50.3 Å². The van der Waals surface area contributed by atoms with Crippen LogP contribution in [0.4, 0.5) is 14.5 Å². The first-order valence-electron chi connectivity index (χ1n) is 10.6. The summed E-state index contributed by atoms with van der Waals surface area (Å²) < 4.78 is 30.1. The van der Waals surface area contributed by atoms with Gasteiger partial charge in [-0.3, -0.25) is 4.99 Å². The molecule has 2 unspecified atom stereocenters. The molecule has 0 radical (unpaired) electrons. The van der Waals surface area contributed by atoms with Crippen molar-refractivity contribution in [2.24, 2.45) is 10.9 Å². The van der Waals surface area contributed by atoms with Gasteiger partial charge in [-0.15, -0.1) is 0 Å². The van der Waals surface area contributed by atoms with Crippen LogP contribution in [-0.2, 0) is 0 Å². The van der Waals surface area contributed by atoms with Gasteiger partial charge in [0, 0.05) is 45.3 Å². The van der Waals surface area contributed by atoms with Gasteiger partial charge in [0.1, 0.15) is 5.75 Å². The van der Waals surface area contributed by atoms with Crippen molar-refractivity contribution in [2.45, 2.75) is 44.4 Å². The molecule has 3 fully saturated rings. The number of aliphatic imine (C=N–C) groups is 1. The molecule has 1 aliphatic carbocycles. The average Bonchev–Trinajstić information content (AvgIpc) is 3.27. The van der Waals surface area contributed by atoms with Gasteiger partial charge in [0.15, 0.2) is 5.96 Å². The van der Waals surface area contributed by atoms with Crippen molar-refractivity contribution in [3.05, 3.63) is 24.3 Å². The normalized spacial score (nSPS) is 25.7. The number of halogens is 2. The SMILES string of the molecule is CN=C(NCC1CCN(C2CC2)C1)NC1CCN(c2ccccc2OC(F)F)C1. The number of alkyl halides is 2. The van der Waals surface area contributed by atoms with E-state index in [1.807, 2.05) is 12.1 Å². The molecule has 0 spiro atoms. The number of hydrogen-bond donors (Lipinski definition) is 2. The topological polar surface area (TPSA) is 52.1 Å². The van der Waals surface area contributed by atoms with Crippen LogP contribution in [0.15, 0.2) is 29.3 Å². The van der Waals surface area contributed by atoms with Gasteiger partial charge in [-0.1, -0.05) is 12.1 Å². The summed E-state index contributed by atoms with van der Waals surface area (Å²) in [5.74, 6) is 1.72. The predicted molar refractivity (Wildman–Crippen MR) is 111 cm³/mol. The molecule has 2 N–H and O–H groups in total. The number of nitrogens with one attached hydrogen (secondary N) is 2. The summed E-state index contributed by atoms with van der Waals surface area (Å²) in [4.78, 5) is 9.08.